The normalized spacial score (nSPS) is 19.9. The van der Waals surface area contributed by atoms with E-state index in [0.717, 1.165) is 5.52 Å². The average molecular weight is 478 g/mol. The second kappa shape index (κ2) is 8.82. The molecule has 2 heterocycles. The van der Waals surface area contributed by atoms with Gasteiger partial charge in [-0.1, -0.05) is 17.7 Å². The van der Waals surface area contributed by atoms with Crippen LogP contribution >= 0.6 is 11.6 Å². The van der Waals surface area contributed by atoms with Gasteiger partial charge in [-0.2, -0.15) is 4.31 Å². The van der Waals surface area contributed by atoms with Crippen molar-refractivity contribution in [1.82, 2.24) is 13.9 Å². The van der Waals surface area contributed by atoms with E-state index in [2.05, 4.69) is 4.98 Å². The minimum Gasteiger partial charge on any atom is -0.454 e. The van der Waals surface area contributed by atoms with Gasteiger partial charge in [0.1, 0.15) is 12.4 Å². The van der Waals surface area contributed by atoms with Gasteiger partial charge in [0.05, 0.1) is 33.7 Å². The van der Waals surface area contributed by atoms with Crippen molar-refractivity contribution in [3.05, 3.63) is 58.9 Å². The minimum absolute atomic E-state index is 0.0469. The van der Waals surface area contributed by atoms with E-state index >= 15 is 0 Å². The van der Waals surface area contributed by atoms with Crippen molar-refractivity contribution in [3.63, 3.8) is 0 Å². The summed E-state index contributed by atoms with van der Waals surface area (Å²) < 4.78 is 40.5. The number of rotatable bonds is 5. The highest BCUT2D eigenvalue weighted by Crippen LogP contribution is 2.23. The zero-order chi connectivity index (χ0) is 23.0. The predicted molar refractivity (Wildman–Crippen MR) is 120 cm³/mol. The molecule has 3 aromatic rings. The molecular weight excluding hydrogens is 454 g/mol. The Hall–Kier alpha value is -2.46. The van der Waals surface area contributed by atoms with Gasteiger partial charge < -0.3 is 14.0 Å². The molecule has 1 aliphatic heterocycles. The van der Waals surface area contributed by atoms with E-state index in [1.165, 1.54) is 28.6 Å². The van der Waals surface area contributed by atoms with Crippen LogP contribution < -0.4 is 0 Å². The molecule has 10 heteroatoms. The first-order valence-corrected chi connectivity index (χ1v) is 12.0. The molecule has 2 atom stereocenters. The molecule has 1 fully saturated rings. The molecular formula is C22H24ClN3O5S. The molecule has 2 unspecified atom stereocenters. The van der Waals surface area contributed by atoms with Crippen molar-refractivity contribution < 1.29 is 22.7 Å². The number of ether oxygens (including phenoxy) is 2. The lowest BCUT2D eigenvalue weighted by Crippen LogP contribution is -2.48. The number of hydrogen-bond donors (Lipinski definition) is 0. The van der Waals surface area contributed by atoms with Crippen molar-refractivity contribution in [2.45, 2.75) is 37.6 Å². The van der Waals surface area contributed by atoms with E-state index in [1.807, 2.05) is 31.5 Å². The molecule has 4 rings (SSSR count). The molecule has 2 aromatic carbocycles. The van der Waals surface area contributed by atoms with Gasteiger partial charge in [-0.15, -0.1) is 0 Å². The fourth-order valence-corrected chi connectivity index (χ4v) is 5.63. The Morgan fingerprint density at radius 3 is 2.62 bits per heavy atom. The summed E-state index contributed by atoms with van der Waals surface area (Å²) >= 11 is 6.02. The van der Waals surface area contributed by atoms with Crippen molar-refractivity contribution >= 4 is 38.6 Å². The lowest BCUT2D eigenvalue weighted by atomic mass is 10.2. The monoisotopic (exact) mass is 477 g/mol. The van der Waals surface area contributed by atoms with Crippen molar-refractivity contribution in [2.75, 3.05) is 13.1 Å². The smallest absolute Gasteiger partial charge is 0.338 e. The van der Waals surface area contributed by atoms with E-state index in [9.17, 15) is 13.2 Å². The van der Waals surface area contributed by atoms with Crippen LogP contribution in [0.4, 0.5) is 0 Å². The number of carbonyl (C=O) groups excluding carboxylic acids is 1. The van der Waals surface area contributed by atoms with Crippen LogP contribution in [0.5, 0.6) is 0 Å². The number of nitrogens with zero attached hydrogens (tertiary/aromatic N) is 3. The first-order valence-electron chi connectivity index (χ1n) is 10.2. The Morgan fingerprint density at radius 2 is 1.91 bits per heavy atom. The second-order valence-corrected chi connectivity index (χ2v) is 10.3. The fraction of sp³-hybridized carbons (Fsp3) is 0.364. The van der Waals surface area contributed by atoms with Crippen LogP contribution in [0.15, 0.2) is 47.4 Å². The van der Waals surface area contributed by atoms with Crippen LogP contribution in [0.3, 0.4) is 0 Å². The van der Waals surface area contributed by atoms with E-state index in [4.69, 9.17) is 21.1 Å². The first-order chi connectivity index (χ1) is 15.1. The number of morpholine rings is 1. The number of aromatic nitrogens is 2. The number of halogens is 1. The van der Waals surface area contributed by atoms with Crippen molar-refractivity contribution in [2.24, 2.45) is 7.05 Å². The standard InChI is InChI=1S/C22H24ClN3O5S/c1-14-11-26(12-15(2)31-14)32(28,29)18-6-4-5-16(9-18)22(27)30-13-21-24-19-10-17(23)7-8-20(19)25(21)3/h4-10,14-15H,11-13H2,1-3H3. The highest BCUT2D eigenvalue weighted by atomic mass is 35.5. The quantitative estimate of drug-likeness (QED) is 0.523. The fourth-order valence-electron chi connectivity index (χ4n) is 3.82. The summed E-state index contributed by atoms with van der Waals surface area (Å²) in [6, 6.07) is 11.2. The third-order valence-corrected chi connectivity index (χ3v) is 7.42. The second-order valence-electron chi connectivity index (χ2n) is 7.90. The molecule has 170 valence electrons. The van der Waals surface area contributed by atoms with E-state index in [0.29, 0.717) is 16.4 Å². The molecule has 0 saturated carbocycles. The Bertz CT molecular complexity index is 1260. The maximum Gasteiger partial charge on any atom is 0.338 e. The summed E-state index contributed by atoms with van der Waals surface area (Å²) in [7, 11) is -1.94. The van der Waals surface area contributed by atoms with Gasteiger partial charge in [0.25, 0.3) is 0 Å². The summed E-state index contributed by atoms with van der Waals surface area (Å²) in [5, 5.41) is 0.571. The number of carbonyl (C=O) groups is 1. The average Bonchev–Trinajstić information content (AvgIpc) is 3.06. The van der Waals surface area contributed by atoms with Crippen molar-refractivity contribution in [1.29, 1.82) is 0 Å². The summed E-state index contributed by atoms with van der Waals surface area (Å²) in [4.78, 5) is 17.2. The molecule has 0 aliphatic carbocycles. The molecule has 0 radical (unpaired) electrons. The van der Waals surface area contributed by atoms with E-state index in [-0.39, 0.29) is 42.4 Å². The van der Waals surface area contributed by atoms with Crippen molar-refractivity contribution in [3.8, 4) is 0 Å². The Kier molecular flexibility index (Phi) is 6.26. The number of sulfonamides is 1. The maximum atomic E-state index is 13.1. The highest BCUT2D eigenvalue weighted by molar-refractivity contribution is 7.89. The molecule has 0 N–H and O–H groups in total. The Morgan fingerprint density at radius 1 is 1.19 bits per heavy atom. The van der Waals surface area contributed by atoms with Crippen LogP contribution in [0.2, 0.25) is 5.02 Å². The largest absolute Gasteiger partial charge is 0.454 e. The van der Waals surface area contributed by atoms with Crippen LogP contribution in [0, 0.1) is 0 Å². The van der Waals surface area contributed by atoms with Crippen LogP contribution in [0.1, 0.15) is 30.0 Å². The minimum atomic E-state index is -3.76. The van der Waals surface area contributed by atoms with E-state index < -0.39 is 16.0 Å². The molecule has 0 amide bonds. The maximum absolute atomic E-state index is 13.1. The number of hydrogen-bond acceptors (Lipinski definition) is 6. The van der Waals surface area contributed by atoms with Crippen LogP contribution in [-0.4, -0.2) is 53.5 Å². The molecule has 8 nitrogen and oxygen atoms in total. The Labute approximate surface area is 191 Å². The van der Waals surface area contributed by atoms with Crippen LogP contribution in [0.25, 0.3) is 11.0 Å². The summed E-state index contributed by atoms with van der Waals surface area (Å²) in [6.07, 6.45) is -0.408. The zero-order valence-corrected chi connectivity index (χ0v) is 19.6. The number of imidazole rings is 1. The summed E-state index contributed by atoms with van der Waals surface area (Å²) in [5.74, 6) is -0.0773. The SMILES string of the molecule is CC1CN(S(=O)(=O)c2cccc(C(=O)OCc3nc4cc(Cl)ccc4n3C)c2)CC(C)O1. The molecule has 1 aliphatic rings. The third kappa shape index (κ3) is 4.52. The first kappa shape index (κ1) is 22.7. The summed E-state index contributed by atoms with van der Waals surface area (Å²) in [5.41, 5.74) is 1.72. The number of esters is 1. The molecule has 1 aromatic heterocycles. The molecule has 1 saturated heterocycles. The molecule has 0 bridgehead atoms. The van der Waals surface area contributed by atoms with Gasteiger partial charge in [0.15, 0.2) is 0 Å². The number of benzene rings is 2. The highest BCUT2D eigenvalue weighted by Gasteiger charge is 2.32. The van der Waals surface area contributed by atoms with Gasteiger partial charge in [-0.25, -0.2) is 18.2 Å². The predicted octanol–water partition coefficient (Wildman–Crippen LogP) is 3.38. The van der Waals surface area contributed by atoms with Gasteiger partial charge >= 0.3 is 5.97 Å². The van der Waals surface area contributed by atoms with Crippen LogP contribution in [-0.2, 0) is 33.2 Å². The topological polar surface area (TPSA) is 90.7 Å². The lowest BCUT2D eigenvalue weighted by Gasteiger charge is -2.34. The number of aryl methyl sites for hydroxylation is 1. The molecule has 32 heavy (non-hydrogen) atoms. The number of fused-ring (bicyclic) bond motifs is 1. The van der Waals surface area contributed by atoms with E-state index in [1.54, 1.807) is 12.1 Å². The van der Waals surface area contributed by atoms with Gasteiger partial charge in [0.2, 0.25) is 10.0 Å². The lowest BCUT2D eigenvalue weighted by molar-refractivity contribution is -0.0440. The van der Waals surface area contributed by atoms with Gasteiger partial charge in [0, 0.05) is 25.2 Å². The Balaban J connectivity index is 1.51. The zero-order valence-electron chi connectivity index (χ0n) is 18.0. The summed E-state index contributed by atoms with van der Waals surface area (Å²) in [6.45, 7) is 4.13. The van der Waals surface area contributed by atoms with Gasteiger partial charge in [-0.05, 0) is 50.2 Å². The van der Waals surface area contributed by atoms with Gasteiger partial charge in [-0.3, -0.25) is 0 Å². The third-order valence-electron chi connectivity index (χ3n) is 5.36. The molecule has 0 spiro atoms.